The number of rotatable bonds is 5. The van der Waals surface area contributed by atoms with E-state index in [1.54, 1.807) is 7.05 Å². The van der Waals surface area contributed by atoms with Gasteiger partial charge in [-0.25, -0.2) is 0 Å². The van der Waals surface area contributed by atoms with E-state index in [2.05, 4.69) is 46.9 Å². The third-order valence-corrected chi connectivity index (χ3v) is 2.88. The van der Waals surface area contributed by atoms with Crippen molar-refractivity contribution in [2.45, 2.75) is 19.9 Å². The Morgan fingerprint density at radius 1 is 1.22 bits per heavy atom. The summed E-state index contributed by atoms with van der Waals surface area (Å²) in [5.41, 5.74) is 1.15. The van der Waals surface area contributed by atoms with Crippen molar-refractivity contribution in [1.29, 1.82) is 0 Å². The molecule has 18 heavy (non-hydrogen) atoms. The van der Waals surface area contributed by atoms with Crippen LogP contribution in [0.4, 0.5) is 5.69 Å². The van der Waals surface area contributed by atoms with Gasteiger partial charge < -0.3 is 16.0 Å². The minimum Gasteiger partial charge on any atom is -0.380 e. The van der Waals surface area contributed by atoms with Gasteiger partial charge in [-0.1, -0.05) is 32.0 Å². The van der Waals surface area contributed by atoms with Gasteiger partial charge in [0.25, 0.3) is 0 Å². The van der Waals surface area contributed by atoms with E-state index in [4.69, 9.17) is 0 Å². The fourth-order valence-corrected chi connectivity index (χ4v) is 1.69. The number of aliphatic imine (C=N–C) groups is 1. The minimum absolute atomic E-state index is 0.359. The van der Waals surface area contributed by atoms with Gasteiger partial charge in [0.1, 0.15) is 0 Å². The van der Waals surface area contributed by atoms with Gasteiger partial charge in [0.05, 0.1) is 0 Å². The normalized spacial score (nSPS) is 13.3. The zero-order valence-electron chi connectivity index (χ0n) is 11.7. The number of hydrogen-bond donors (Lipinski definition) is 3. The van der Waals surface area contributed by atoms with E-state index in [1.165, 1.54) is 0 Å². The highest BCUT2D eigenvalue weighted by Gasteiger charge is 2.13. The molecule has 0 aliphatic heterocycles. The molecule has 0 radical (unpaired) electrons. The standard InChI is InChI=1S/C14H24N4/c1-11(2)13(10-17-14(15-3)16-4)18-12-8-6-5-7-9-12/h5-9,11,13,18H,10H2,1-4H3,(H2,15,16,17). The second-order valence-electron chi connectivity index (χ2n) is 4.56. The van der Waals surface area contributed by atoms with E-state index in [0.29, 0.717) is 12.0 Å². The first-order valence-corrected chi connectivity index (χ1v) is 6.37. The largest absolute Gasteiger partial charge is 0.380 e. The third kappa shape index (κ3) is 4.65. The lowest BCUT2D eigenvalue weighted by molar-refractivity contribution is 0.513. The number of anilines is 1. The molecule has 4 heteroatoms. The van der Waals surface area contributed by atoms with Crippen LogP contribution in [0.3, 0.4) is 0 Å². The summed E-state index contributed by atoms with van der Waals surface area (Å²) in [6.45, 7) is 5.26. The zero-order valence-corrected chi connectivity index (χ0v) is 11.7. The Morgan fingerprint density at radius 2 is 1.89 bits per heavy atom. The lowest BCUT2D eigenvalue weighted by Gasteiger charge is -2.24. The van der Waals surface area contributed by atoms with E-state index in [0.717, 1.165) is 18.2 Å². The Morgan fingerprint density at radius 3 is 2.39 bits per heavy atom. The van der Waals surface area contributed by atoms with E-state index in [1.807, 2.05) is 25.2 Å². The molecule has 0 aromatic heterocycles. The molecule has 1 rings (SSSR count). The van der Waals surface area contributed by atoms with Crippen LogP contribution in [-0.4, -0.2) is 32.6 Å². The highest BCUT2D eigenvalue weighted by molar-refractivity contribution is 5.79. The number of nitrogens with zero attached hydrogens (tertiary/aromatic N) is 1. The van der Waals surface area contributed by atoms with E-state index in [-0.39, 0.29) is 0 Å². The molecule has 0 saturated carbocycles. The molecule has 0 aliphatic rings. The number of hydrogen-bond acceptors (Lipinski definition) is 2. The molecule has 4 nitrogen and oxygen atoms in total. The Bertz CT molecular complexity index is 359. The molecule has 0 amide bonds. The first-order valence-electron chi connectivity index (χ1n) is 6.37. The van der Waals surface area contributed by atoms with Crippen LogP contribution in [0.1, 0.15) is 13.8 Å². The molecule has 0 heterocycles. The lowest BCUT2D eigenvalue weighted by atomic mass is 10.0. The van der Waals surface area contributed by atoms with Crippen molar-refractivity contribution in [3.8, 4) is 0 Å². The van der Waals surface area contributed by atoms with Crippen LogP contribution in [0, 0.1) is 5.92 Å². The van der Waals surface area contributed by atoms with Gasteiger partial charge in [-0.15, -0.1) is 0 Å². The Kier molecular flexibility index (Phi) is 6.05. The maximum absolute atomic E-state index is 4.11. The number of benzene rings is 1. The van der Waals surface area contributed by atoms with Crippen LogP contribution >= 0.6 is 0 Å². The van der Waals surface area contributed by atoms with Crippen LogP contribution in [0.15, 0.2) is 35.3 Å². The first kappa shape index (κ1) is 14.4. The number of nitrogens with one attached hydrogen (secondary N) is 3. The minimum atomic E-state index is 0.359. The molecule has 0 saturated heterocycles. The lowest BCUT2D eigenvalue weighted by Crippen LogP contribution is -2.43. The van der Waals surface area contributed by atoms with Crippen molar-refractivity contribution in [1.82, 2.24) is 10.6 Å². The second kappa shape index (κ2) is 7.58. The molecule has 1 atom stereocenters. The third-order valence-electron chi connectivity index (χ3n) is 2.88. The van der Waals surface area contributed by atoms with Gasteiger partial charge in [-0.3, -0.25) is 4.99 Å². The van der Waals surface area contributed by atoms with Crippen molar-refractivity contribution < 1.29 is 0 Å². The Balaban J connectivity index is 2.56. The topological polar surface area (TPSA) is 48.5 Å². The molecular formula is C14H24N4. The quantitative estimate of drug-likeness (QED) is 0.551. The van der Waals surface area contributed by atoms with Crippen LogP contribution in [0.25, 0.3) is 0 Å². The van der Waals surface area contributed by atoms with E-state index >= 15 is 0 Å². The maximum Gasteiger partial charge on any atom is 0.190 e. The van der Waals surface area contributed by atoms with Gasteiger partial charge >= 0.3 is 0 Å². The molecule has 1 aromatic carbocycles. The van der Waals surface area contributed by atoms with Crippen LogP contribution in [0.2, 0.25) is 0 Å². The average molecular weight is 248 g/mol. The summed E-state index contributed by atoms with van der Waals surface area (Å²) < 4.78 is 0. The summed E-state index contributed by atoms with van der Waals surface area (Å²) in [5, 5.41) is 9.85. The fraction of sp³-hybridized carbons (Fsp3) is 0.500. The first-order chi connectivity index (χ1) is 8.67. The van der Waals surface area contributed by atoms with Gasteiger partial charge in [-0.2, -0.15) is 0 Å². The predicted molar refractivity (Wildman–Crippen MR) is 79.1 cm³/mol. The summed E-state index contributed by atoms with van der Waals surface area (Å²) in [5.74, 6) is 1.35. The maximum atomic E-state index is 4.11. The van der Waals surface area contributed by atoms with Crippen molar-refractivity contribution in [2.75, 3.05) is 26.0 Å². The molecular weight excluding hydrogens is 224 g/mol. The molecule has 1 unspecified atom stereocenters. The van der Waals surface area contributed by atoms with Gasteiger partial charge in [0.2, 0.25) is 0 Å². The zero-order chi connectivity index (χ0) is 13.4. The van der Waals surface area contributed by atoms with Gasteiger partial charge in [0, 0.05) is 32.4 Å². The molecule has 0 fully saturated rings. The highest BCUT2D eigenvalue weighted by atomic mass is 15.2. The Hall–Kier alpha value is -1.71. The molecule has 3 N–H and O–H groups in total. The molecule has 100 valence electrons. The van der Waals surface area contributed by atoms with Gasteiger partial charge in [-0.05, 0) is 18.1 Å². The Labute approximate surface area is 110 Å². The molecule has 0 bridgehead atoms. The fourth-order valence-electron chi connectivity index (χ4n) is 1.69. The number of guanidine groups is 1. The molecule has 1 aromatic rings. The SMILES string of the molecule is CN=C(NC)NCC(Nc1ccccc1)C(C)C. The van der Waals surface area contributed by atoms with Gasteiger partial charge in [0.15, 0.2) is 5.96 Å². The van der Waals surface area contributed by atoms with Crippen molar-refractivity contribution in [3.63, 3.8) is 0 Å². The van der Waals surface area contributed by atoms with Crippen LogP contribution in [0.5, 0.6) is 0 Å². The monoisotopic (exact) mass is 248 g/mol. The predicted octanol–water partition coefficient (Wildman–Crippen LogP) is 1.92. The summed E-state index contributed by atoms with van der Waals surface area (Å²) >= 11 is 0. The molecule has 0 spiro atoms. The number of para-hydroxylation sites is 1. The summed E-state index contributed by atoms with van der Waals surface area (Å²) in [6.07, 6.45) is 0. The van der Waals surface area contributed by atoms with Crippen LogP contribution < -0.4 is 16.0 Å². The van der Waals surface area contributed by atoms with E-state index in [9.17, 15) is 0 Å². The van der Waals surface area contributed by atoms with Crippen molar-refractivity contribution >= 4 is 11.6 Å². The molecule has 0 aliphatic carbocycles. The second-order valence-corrected chi connectivity index (χ2v) is 4.56. The summed E-state index contributed by atoms with van der Waals surface area (Å²) in [4.78, 5) is 4.11. The summed E-state index contributed by atoms with van der Waals surface area (Å²) in [6, 6.07) is 10.6. The van der Waals surface area contributed by atoms with Crippen molar-refractivity contribution in [3.05, 3.63) is 30.3 Å². The van der Waals surface area contributed by atoms with Crippen LogP contribution in [-0.2, 0) is 0 Å². The smallest absolute Gasteiger partial charge is 0.190 e. The van der Waals surface area contributed by atoms with E-state index < -0.39 is 0 Å². The van der Waals surface area contributed by atoms with Crippen molar-refractivity contribution in [2.24, 2.45) is 10.9 Å². The summed E-state index contributed by atoms with van der Waals surface area (Å²) in [7, 11) is 3.64. The highest BCUT2D eigenvalue weighted by Crippen LogP contribution is 2.11. The average Bonchev–Trinajstić information content (AvgIpc) is 2.39.